The number of ether oxygens (including phenoxy) is 2. The monoisotopic (exact) mass is 297 g/mol. The molecular weight excluding hydrogens is 274 g/mol. The average Bonchev–Trinajstić information content (AvgIpc) is 2.48. The Morgan fingerprint density at radius 3 is 2.85 bits per heavy atom. The minimum atomic E-state index is 0.702. The first-order valence-electron chi connectivity index (χ1n) is 7.37. The Hall–Kier alpha value is -0.930. The molecule has 0 amide bonds. The van der Waals surface area contributed by atoms with Crippen LogP contribution >= 0.6 is 11.6 Å². The summed E-state index contributed by atoms with van der Waals surface area (Å²) in [5, 5.41) is 0. The molecule has 0 bridgehead atoms. The third-order valence-electron chi connectivity index (χ3n) is 3.85. The number of alkyl halides is 1. The van der Waals surface area contributed by atoms with Gasteiger partial charge in [-0.25, -0.2) is 0 Å². The summed E-state index contributed by atoms with van der Waals surface area (Å²) in [5.74, 6) is 3.15. The summed E-state index contributed by atoms with van der Waals surface area (Å²) >= 11 is 5.84. The van der Waals surface area contributed by atoms with Gasteiger partial charge in [0.2, 0.25) is 0 Å². The molecule has 1 saturated heterocycles. The summed E-state index contributed by atoms with van der Waals surface area (Å²) in [7, 11) is 1.67. The zero-order chi connectivity index (χ0) is 14.2. The van der Waals surface area contributed by atoms with Crippen LogP contribution in [0.4, 0.5) is 0 Å². The fourth-order valence-electron chi connectivity index (χ4n) is 2.77. The summed E-state index contributed by atoms with van der Waals surface area (Å²) in [5.41, 5.74) is 0. The topological polar surface area (TPSA) is 21.7 Å². The van der Waals surface area contributed by atoms with Crippen molar-refractivity contribution in [3.63, 3.8) is 0 Å². The number of methoxy groups -OCH3 is 1. The predicted octanol–water partition coefficient (Wildman–Crippen LogP) is 3.41. The number of rotatable bonds is 7. The molecule has 1 aliphatic heterocycles. The zero-order valence-electron chi connectivity index (χ0n) is 12.2. The summed E-state index contributed by atoms with van der Waals surface area (Å²) in [4.78, 5) is 2.48. The van der Waals surface area contributed by atoms with Gasteiger partial charge in [0.1, 0.15) is 6.61 Å². The Kier molecular flexibility index (Phi) is 6.48. The molecule has 1 fully saturated rings. The molecular formula is C16H24ClNO2. The van der Waals surface area contributed by atoms with E-state index in [0.717, 1.165) is 42.8 Å². The maximum Gasteiger partial charge on any atom is 0.161 e. The molecule has 3 nitrogen and oxygen atoms in total. The highest BCUT2D eigenvalue weighted by Crippen LogP contribution is 2.26. The molecule has 1 aliphatic rings. The molecule has 112 valence electrons. The number of hydrogen-bond acceptors (Lipinski definition) is 3. The van der Waals surface area contributed by atoms with Crippen LogP contribution in [0.25, 0.3) is 0 Å². The highest BCUT2D eigenvalue weighted by molar-refractivity contribution is 6.17. The van der Waals surface area contributed by atoms with Crippen LogP contribution in [-0.2, 0) is 0 Å². The number of para-hydroxylation sites is 2. The molecule has 1 heterocycles. The lowest BCUT2D eigenvalue weighted by Gasteiger charge is -2.32. The highest BCUT2D eigenvalue weighted by Gasteiger charge is 2.19. The van der Waals surface area contributed by atoms with Crippen LogP contribution in [0.1, 0.15) is 19.3 Å². The van der Waals surface area contributed by atoms with E-state index in [1.54, 1.807) is 7.11 Å². The molecule has 0 spiro atoms. The van der Waals surface area contributed by atoms with E-state index in [-0.39, 0.29) is 0 Å². The van der Waals surface area contributed by atoms with E-state index in [0.29, 0.717) is 6.61 Å². The molecule has 2 rings (SSSR count). The van der Waals surface area contributed by atoms with Crippen LogP contribution in [0.3, 0.4) is 0 Å². The van der Waals surface area contributed by atoms with Crippen molar-refractivity contribution < 1.29 is 9.47 Å². The smallest absolute Gasteiger partial charge is 0.161 e. The third kappa shape index (κ3) is 4.57. The molecule has 0 aromatic heterocycles. The predicted molar refractivity (Wildman–Crippen MR) is 83.0 cm³/mol. The number of likely N-dealkylation sites (tertiary alicyclic amines) is 1. The van der Waals surface area contributed by atoms with Crippen molar-refractivity contribution >= 4 is 11.6 Å². The Balaban J connectivity index is 1.75. The normalized spacial score (nSPS) is 19.8. The SMILES string of the molecule is COc1ccccc1OCCN1CCCC(CCCl)C1. The maximum atomic E-state index is 5.84. The second-order valence-electron chi connectivity index (χ2n) is 5.29. The van der Waals surface area contributed by atoms with Gasteiger partial charge in [-0.1, -0.05) is 12.1 Å². The van der Waals surface area contributed by atoms with Gasteiger partial charge in [0.05, 0.1) is 7.11 Å². The summed E-state index contributed by atoms with van der Waals surface area (Å²) < 4.78 is 11.1. The second-order valence-corrected chi connectivity index (χ2v) is 5.66. The van der Waals surface area contributed by atoms with Crippen LogP contribution in [-0.4, -0.2) is 44.1 Å². The molecule has 0 radical (unpaired) electrons. The van der Waals surface area contributed by atoms with Crippen LogP contribution in [0.2, 0.25) is 0 Å². The van der Waals surface area contributed by atoms with Crippen molar-refractivity contribution in [1.82, 2.24) is 4.90 Å². The van der Waals surface area contributed by atoms with Crippen molar-refractivity contribution in [3.05, 3.63) is 24.3 Å². The number of halogens is 1. The molecule has 1 atom stereocenters. The fourth-order valence-corrected chi connectivity index (χ4v) is 3.08. The zero-order valence-corrected chi connectivity index (χ0v) is 12.9. The number of benzene rings is 1. The number of piperidine rings is 1. The Bertz CT molecular complexity index is 398. The van der Waals surface area contributed by atoms with E-state index in [1.807, 2.05) is 24.3 Å². The molecule has 1 aromatic rings. The Morgan fingerprint density at radius 2 is 2.10 bits per heavy atom. The average molecular weight is 298 g/mol. The van der Waals surface area contributed by atoms with Gasteiger partial charge in [-0.3, -0.25) is 4.90 Å². The first-order valence-corrected chi connectivity index (χ1v) is 7.91. The van der Waals surface area contributed by atoms with Crippen LogP contribution in [0.5, 0.6) is 11.5 Å². The fraction of sp³-hybridized carbons (Fsp3) is 0.625. The van der Waals surface area contributed by atoms with Gasteiger partial charge in [-0.05, 0) is 43.9 Å². The number of nitrogens with zero attached hydrogens (tertiary/aromatic N) is 1. The third-order valence-corrected chi connectivity index (χ3v) is 4.07. The standard InChI is InChI=1S/C16H24ClNO2/c1-19-15-6-2-3-7-16(15)20-12-11-18-10-4-5-14(13-18)8-9-17/h2-3,6-7,14H,4-5,8-13H2,1H3. The Labute approximate surface area is 126 Å². The van der Waals surface area contributed by atoms with E-state index < -0.39 is 0 Å². The van der Waals surface area contributed by atoms with Crippen LogP contribution in [0.15, 0.2) is 24.3 Å². The molecule has 0 aliphatic carbocycles. The second kappa shape index (κ2) is 8.38. The largest absolute Gasteiger partial charge is 0.493 e. The van der Waals surface area contributed by atoms with Crippen molar-refractivity contribution in [2.75, 3.05) is 39.2 Å². The van der Waals surface area contributed by atoms with Gasteiger partial charge < -0.3 is 9.47 Å². The van der Waals surface area contributed by atoms with E-state index in [2.05, 4.69) is 4.90 Å². The molecule has 0 N–H and O–H groups in total. The van der Waals surface area contributed by atoms with Gasteiger partial charge in [0.15, 0.2) is 11.5 Å². The minimum absolute atomic E-state index is 0.702. The maximum absolute atomic E-state index is 5.84. The Morgan fingerprint density at radius 1 is 1.30 bits per heavy atom. The first kappa shape index (κ1) is 15.5. The van der Waals surface area contributed by atoms with Gasteiger partial charge in [0.25, 0.3) is 0 Å². The minimum Gasteiger partial charge on any atom is -0.493 e. The van der Waals surface area contributed by atoms with Gasteiger partial charge >= 0.3 is 0 Å². The van der Waals surface area contributed by atoms with Crippen molar-refractivity contribution in [1.29, 1.82) is 0 Å². The lowest BCUT2D eigenvalue weighted by molar-refractivity contribution is 0.144. The lowest BCUT2D eigenvalue weighted by atomic mass is 9.96. The summed E-state index contributed by atoms with van der Waals surface area (Å²) in [6.45, 7) is 4.00. The molecule has 4 heteroatoms. The quantitative estimate of drug-likeness (QED) is 0.720. The van der Waals surface area contributed by atoms with Crippen LogP contribution < -0.4 is 9.47 Å². The van der Waals surface area contributed by atoms with E-state index in [9.17, 15) is 0 Å². The van der Waals surface area contributed by atoms with E-state index in [1.165, 1.54) is 19.4 Å². The molecule has 0 saturated carbocycles. The van der Waals surface area contributed by atoms with Crippen molar-refractivity contribution in [2.24, 2.45) is 5.92 Å². The van der Waals surface area contributed by atoms with Gasteiger partial charge in [0, 0.05) is 19.0 Å². The van der Waals surface area contributed by atoms with Gasteiger partial charge in [-0.15, -0.1) is 11.6 Å². The van der Waals surface area contributed by atoms with Crippen molar-refractivity contribution in [2.45, 2.75) is 19.3 Å². The van der Waals surface area contributed by atoms with Crippen molar-refractivity contribution in [3.8, 4) is 11.5 Å². The van der Waals surface area contributed by atoms with Gasteiger partial charge in [-0.2, -0.15) is 0 Å². The molecule has 1 aromatic carbocycles. The highest BCUT2D eigenvalue weighted by atomic mass is 35.5. The number of hydrogen-bond donors (Lipinski definition) is 0. The summed E-state index contributed by atoms with van der Waals surface area (Å²) in [6.07, 6.45) is 3.72. The summed E-state index contributed by atoms with van der Waals surface area (Å²) in [6, 6.07) is 7.79. The van der Waals surface area contributed by atoms with E-state index >= 15 is 0 Å². The lowest BCUT2D eigenvalue weighted by Crippen LogP contribution is -2.38. The first-order chi connectivity index (χ1) is 9.83. The molecule has 20 heavy (non-hydrogen) atoms. The van der Waals surface area contributed by atoms with Crippen LogP contribution in [0, 0.1) is 5.92 Å². The van der Waals surface area contributed by atoms with E-state index in [4.69, 9.17) is 21.1 Å². The molecule has 1 unspecified atom stereocenters.